The molecule has 0 aliphatic carbocycles. The lowest BCUT2D eigenvalue weighted by atomic mass is 10.2. The zero-order chi connectivity index (χ0) is 28.2. The molecule has 1 atom stereocenters. The van der Waals surface area contributed by atoms with Crippen LogP contribution in [-0.4, -0.2) is 76.4 Å². The standard InChI is InChI=1S/C24H25ClN6O7S/c1-3-39(34,35)13-18(38-22(32)8-26)12-37-20-5-4-17(7-21(20)36-2)30-14-29-31-11-15(6-19(31)24(30)33)23-27-9-16(25)10-28-23/h4-7,9-11,14,18H,3,8,12-13,26H2,1-2H3/t18-/m0/s1. The number of carbonyl (C=O) groups excluding carboxylic acids is 1. The van der Waals surface area contributed by atoms with E-state index in [9.17, 15) is 18.0 Å². The van der Waals surface area contributed by atoms with Crippen LogP contribution >= 0.6 is 11.6 Å². The van der Waals surface area contributed by atoms with E-state index in [1.807, 2.05) is 0 Å². The summed E-state index contributed by atoms with van der Waals surface area (Å²) in [6.07, 6.45) is 4.84. The number of nitrogens with zero attached hydrogens (tertiary/aromatic N) is 5. The number of aromatic nitrogens is 5. The van der Waals surface area contributed by atoms with Crippen molar-refractivity contribution in [3.63, 3.8) is 0 Å². The molecule has 0 amide bonds. The Labute approximate surface area is 228 Å². The third-order valence-corrected chi connectivity index (χ3v) is 7.56. The van der Waals surface area contributed by atoms with Crippen LogP contribution in [0.25, 0.3) is 22.6 Å². The predicted octanol–water partition coefficient (Wildman–Crippen LogP) is 1.29. The van der Waals surface area contributed by atoms with Crippen molar-refractivity contribution >= 4 is 32.9 Å². The van der Waals surface area contributed by atoms with Crippen molar-refractivity contribution in [2.45, 2.75) is 13.0 Å². The number of carbonyl (C=O) groups is 1. The molecule has 0 spiro atoms. The van der Waals surface area contributed by atoms with Crippen molar-refractivity contribution in [1.82, 2.24) is 24.1 Å². The minimum absolute atomic E-state index is 0.120. The average molecular weight is 577 g/mol. The van der Waals surface area contributed by atoms with Crippen molar-refractivity contribution in [3.05, 3.63) is 64.6 Å². The third-order valence-electron chi connectivity index (χ3n) is 5.60. The summed E-state index contributed by atoms with van der Waals surface area (Å²) in [4.78, 5) is 33.3. The van der Waals surface area contributed by atoms with Crippen molar-refractivity contribution < 1.29 is 27.4 Å². The van der Waals surface area contributed by atoms with Gasteiger partial charge in [0.25, 0.3) is 5.56 Å². The minimum atomic E-state index is -3.47. The van der Waals surface area contributed by atoms with Crippen molar-refractivity contribution in [2.75, 3.05) is 31.8 Å². The fourth-order valence-electron chi connectivity index (χ4n) is 3.62. The van der Waals surface area contributed by atoms with Gasteiger partial charge in [-0.2, -0.15) is 5.10 Å². The fourth-order valence-corrected chi connectivity index (χ4v) is 4.68. The van der Waals surface area contributed by atoms with Gasteiger partial charge in [-0.15, -0.1) is 0 Å². The molecule has 1 aromatic carbocycles. The zero-order valence-electron chi connectivity index (χ0n) is 21.0. The monoisotopic (exact) mass is 576 g/mol. The normalized spacial score (nSPS) is 12.3. The topological polar surface area (TPSA) is 170 Å². The van der Waals surface area contributed by atoms with Crippen LogP contribution < -0.4 is 20.8 Å². The summed E-state index contributed by atoms with van der Waals surface area (Å²) >= 11 is 5.86. The van der Waals surface area contributed by atoms with E-state index in [-0.39, 0.29) is 34.9 Å². The van der Waals surface area contributed by atoms with Gasteiger partial charge in [-0.25, -0.2) is 22.9 Å². The second-order valence-electron chi connectivity index (χ2n) is 8.25. The smallest absolute Gasteiger partial charge is 0.320 e. The Kier molecular flexibility index (Phi) is 8.47. The number of fused-ring (bicyclic) bond motifs is 1. The van der Waals surface area contributed by atoms with E-state index in [0.717, 1.165) is 0 Å². The first-order valence-corrected chi connectivity index (χ1v) is 13.8. The van der Waals surface area contributed by atoms with Gasteiger partial charge in [0.05, 0.1) is 30.1 Å². The number of nitrogens with two attached hydrogens (primary N) is 1. The number of rotatable bonds is 11. The van der Waals surface area contributed by atoms with Crippen LogP contribution in [-0.2, 0) is 19.4 Å². The molecule has 4 aromatic rings. The molecule has 15 heteroatoms. The van der Waals surface area contributed by atoms with Crippen LogP contribution in [0.1, 0.15) is 6.92 Å². The number of hydrogen-bond acceptors (Lipinski definition) is 11. The summed E-state index contributed by atoms with van der Waals surface area (Å²) in [6.45, 7) is 0.839. The minimum Gasteiger partial charge on any atom is -0.493 e. The van der Waals surface area contributed by atoms with Gasteiger partial charge in [-0.1, -0.05) is 18.5 Å². The summed E-state index contributed by atoms with van der Waals surface area (Å²) in [5.74, 6) is -0.401. The van der Waals surface area contributed by atoms with Gasteiger partial charge < -0.3 is 19.9 Å². The van der Waals surface area contributed by atoms with E-state index >= 15 is 0 Å². The first-order valence-electron chi connectivity index (χ1n) is 11.6. The lowest BCUT2D eigenvalue weighted by Crippen LogP contribution is -2.35. The lowest BCUT2D eigenvalue weighted by molar-refractivity contribution is -0.147. The van der Waals surface area contributed by atoms with E-state index in [2.05, 4.69) is 15.1 Å². The first-order chi connectivity index (χ1) is 18.6. The van der Waals surface area contributed by atoms with E-state index in [0.29, 0.717) is 22.1 Å². The molecule has 0 radical (unpaired) electrons. The van der Waals surface area contributed by atoms with Crippen molar-refractivity contribution in [1.29, 1.82) is 0 Å². The zero-order valence-corrected chi connectivity index (χ0v) is 22.6. The van der Waals surface area contributed by atoms with Crippen molar-refractivity contribution in [3.8, 4) is 28.6 Å². The predicted molar refractivity (Wildman–Crippen MR) is 142 cm³/mol. The van der Waals surface area contributed by atoms with E-state index in [1.165, 1.54) is 41.8 Å². The van der Waals surface area contributed by atoms with Gasteiger partial charge in [0.1, 0.15) is 24.6 Å². The van der Waals surface area contributed by atoms with Gasteiger partial charge in [0, 0.05) is 36.0 Å². The molecule has 2 N–H and O–H groups in total. The Balaban J connectivity index is 1.59. The maximum absolute atomic E-state index is 13.3. The highest BCUT2D eigenvalue weighted by atomic mass is 35.5. The SMILES string of the molecule is CCS(=O)(=O)C[C@H](COc1ccc(-n2cnn3cc(-c4ncc(Cl)cn4)cc3c2=O)cc1OC)OC(=O)CN. The average Bonchev–Trinajstić information content (AvgIpc) is 3.37. The Morgan fingerprint density at radius 1 is 1.18 bits per heavy atom. The van der Waals surface area contributed by atoms with Crippen LogP contribution in [0.5, 0.6) is 11.5 Å². The van der Waals surface area contributed by atoms with Gasteiger partial charge in [0.2, 0.25) is 0 Å². The summed E-state index contributed by atoms with van der Waals surface area (Å²) in [5.41, 5.74) is 6.24. The highest BCUT2D eigenvalue weighted by Gasteiger charge is 2.23. The Morgan fingerprint density at radius 3 is 2.59 bits per heavy atom. The molecule has 3 heterocycles. The molecular formula is C24H25ClN6O7S. The fraction of sp³-hybridized carbons (Fsp3) is 0.292. The number of methoxy groups -OCH3 is 1. The van der Waals surface area contributed by atoms with E-state index in [4.69, 9.17) is 31.5 Å². The largest absolute Gasteiger partial charge is 0.493 e. The molecule has 0 aliphatic rings. The quantitative estimate of drug-likeness (QED) is 0.255. The third kappa shape index (κ3) is 6.53. The molecule has 206 valence electrons. The summed E-state index contributed by atoms with van der Waals surface area (Å²) in [5, 5.41) is 4.70. The molecule has 0 bridgehead atoms. The molecule has 13 nitrogen and oxygen atoms in total. The maximum Gasteiger partial charge on any atom is 0.320 e. The second kappa shape index (κ2) is 11.8. The van der Waals surface area contributed by atoms with Crippen LogP contribution in [0.15, 0.2) is 54.0 Å². The van der Waals surface area contributed by atoms with E-state index in [1.54, 1.807) is 30.5 Å². The maximum atomic E-state index is 13.3. The first kappa shape index (κ1) is 28.0. The van der Waals surface area contributed by atoms with Crippen LogP contribution in [0.3, 0.4) is 0 Å². The Hall–Kier alpha value is -4.01. The van der Waals surface area contributed by atoms with Crippen LogP contribution in [0.2, 0.25) is 5.02 Å². The number of sulfone groups is 1. The van der Waals surface area contributed by atoms with Gasteiger partial charge in [-0.05, 0) is 18.2 Å². The molecule has 0 aliphatic heterocycles. The number of halogens is 1. The number of esters is 1. The molecule has 3 aromatic heterocycles. The second-order valence-corrected chi connectivity index (χ2v) is 11.1. The highest BCUT2D eigenvalue weighted by molar-refractivity contribution is 7.91. The molecular weight excluding hydrogens is 552 g/mol. The van der Waals surface area contributed by atoms with Gasteiger partial charge in [-0.3, -0.25) is 14.2 Å². The molecule has 0 fully saturated rings. The number of benzene rings is 1. The summed E-state index contributed by atoms with van der Waals surface area (Å²) < 4.78 is 43.2. The highest BCUT2D eigenvalue weighted by Crippen LogP contribution is 2.29. The number of ether oxygens (including phenoxy) is 3. The van der Waals surface area contributed by atoms with E-state index < -0.39 is 34.2 Å². The summed E-state index contributed by atoms with van der Waals surface area (Å²) in [6, 6.07) is 6.33. The van der Waals surface area contributed by atoms with Crippen molar-refractivity contribution in [2.24, 2.45) is 5.73 Å². The lowest BCUT2D eigenvalue weighted by Gasteiger charge is -2.19. The van der Waals surface area contributed by atoms with Gasteiger partial charge in [0.15, 0.2) is 27.2 Å². The number of hydrogen-bond donors (Lipinski definition) is 1. The Morgan fingerprint density at radius 2 is 1.92 bits per heavy atom. The molecule has 39 heavy (non-hydrogen) atoms. The molecule has 0 unspecified atom stereocenters. The molecule has 0 saturated heterocycles. The van der Waals surface area contributed by atoms with Crippen LogP contribution in [0, 0.1) is 0 Å². The summed E-state index contributed by atoms with van der Waals surface area (Å²) in [7, 11) is -2.05. The Bertz CT molecular complexity index is 1650. The molecule has 0 saturated carbocycles. The van der Waals surface area contributed by atoms with Gasteiger partial charge >= 0.3 is 5.97 Å². The van der Waals surface area contributed by atoms with Crippen LogP contribution in [0.4, 0.5) is 0 Å². The molecule has 4 rings (SSSR count).